The molecule has 7 nitrogen and oxygen atoms in total. The zero-order valence-corrected chi connectivity index (χ0v) is 11.1. The number of hydrogen-bond acceptors (Lipinski definition) is 4. The normalized spacial score (nSPS) is 21.0. The Morgan fingerprint density at radius 2 is 2.10 bits per heavy atom. The van der Waals surface area contributed by atoms with Gasteiger partial charge in [0.2, 0.25) is 18.2 Å². The summed E-state index contributed by atoms with van der Waals surface area (Å²) in [5, 5.41) is 4.78. The lowest BCUT2D eigenvalue weighted by atomic mass is 10.0. The van der Waals surface area contributed by atoms with Gasteiger partial charge in [-0.1, -0.05) is 0 Å². The van der Waals surface area contributed by atoms with E-state index in [2.05, 4.69) is 10.6 Å². The van der Waals surface area contributed by atoms with Gasteiger partial charge in [-0.3, -0.25) is 24.5 Å². The molecule has 7 heteroatoms. The number of nitrogens with one attached hydrogen (secondary N) is 2. The van der Waals surface area contributed by atoms with Crippen LogP contribution in [-0.2, 0) is 20.9 Å². The highest BCUT2D eigenvalue weighted by Gasteiger charge is 2.38. The summed E-state index contributed by atoms with van der Waals surface area (Å²) in [7, 11) is 0. The Bertz CT molecular complexity index is 656. The molecule has 0 saturated carbocycles. The van der Waals surface area contributed by atoms with E-state index in [0.717, 1.165) is 5.56 Å². The summed E-state index contributed by atoms with van der Waals surface area (Å²) in [5.74, 6) is -0.964. The van der Waals surface area contributed by atoms with Crippen LogP contribution in [0.5, 0.6) is 0 Å². The molecule has 4 amide bonds. The van der Waals surface area contributed by atoms with Gasteiger partial charge < -0.3 is 10.2 Å². The Morgan fingerprint density at radius 3 is 2.81 bits per heavy atom. The zero-order chi connectivity index (χ0) is 15.0. The van der Waals surface area contributed by atoms with Crippen molar-refractivity contribution in [2.24, 2.45) is 0 Å². The second kappa shape index (κ2) is 5.01. The molecule has 2 aliphatic rings. The van der Waals surface area contributed by atoms with Crippen LogP contribution in [0.3, 0.4) is 0 Å². The molecule has 0 aliphatic carbocycles. The molecular formula is C14H13N3O4. The molecule has 21 heavy (non-hydrogen) atoms. The van der Waals surface area contributed by atoms with Crippen LogP contribution in [0.15, 0.2) is 18.2 Å². The Hall–Kier alpha value is -2.70. The third-order valence-corrected chi connectivity index (χ3v) is 3.75. The van der Waals surface area contributed by atoms with Gasteiger partial charge >= 0.3 is 0 Å². The van der Waals surface area contributed by atoms with Gasteiger partial charge in [-0.25, -0.2) is 0 Å². The van der Waals surface area contributed by atoms with Crippen LogP contribution < -0.4 is 10.6 Å². The first-order valence-electron chi connectivity index (χ1n) is 6.58. The molecule has 1 aromatic rings. The fourth-order valence-corrected chi connectivity index (χ4v) is 2.73. The summed E-state index contributed by atoms with van der Waals surface area (Å²) in [4.78, 5) is 47.3. The van der Waals surface area contributed by atoms with E-state index in [4.69, 9.17) is 0 Å². The highest BCUT2D eigenvalue weighted by atomic mass is 16.2. The highest BCUT2D eigenvalue weighted by Crippen LogP contribution is 2.29. The SMILES string of the molecule is O=CNc1ccc2c(c1)CN(C1CCC(=O)NC1=O)C2=O. The first kappa shape index (κ1) is 13.3. The lowest BCUT2D eigenvalue weighted by molar-refractivity contribution is -0.136. The predicted octanol–water partition coefficient (Wildman–Crippen LogP) is 0.0159. The minimum absolute atomic E-state index is 0.225. The highest BCUT2D eigenvalue weighted by molar-refractivity contribution is 6.05. The first-order chi connectivity index (χ1) is 10.1. The monoisotopic (exact) mass is 287 g/mol. The van der Waals surface area contributed by atoms with E-state index in [1.165, 1.54) is 4.90 Å². The number of anilines is 1. The fraction of sp³-hybridized carbons (Fsp3) is 0.286. The van der Waals surface area contributed by atoms with Crippen molar-refractivity contribution < 1.29 is 19.2 Å². The molecular weight excluding hydrogens is 274 g/mol. The summed E-state index contributed by atoms with van der Waals surface area (Å²) in [6.45, 7) is 0.300. The minimum Gasteiger partial charge on any atom is -0.329 e. The molecule has 3 rings (SSSR count). The van der Waals surface area contributed by atoms with E-state index in [1.54, 1.807) is 18.2 Å². The minimum atomic E-state index is -0.620. The molecule has 0 bridgehead atoms. The second-order valence-electron chi connectivity index (χ2n) is 5.03. The number of carbonyl (C=O) groups excluding carboxylic acids is 4. The van der Waals surface area contributed by atoms with E-state index in [9.17, 15) is 19.2 Å². The number of nitrogens with zero attached hydrogens (tertiary/aromatic N) is 1. The molecule has 1 saturated heterocycles. The van der Waals surface area contributed by atoms with E-state index in [1.807, 2.05) is 0 Å². The maximum atomic E-state index is 12.4. The van der Waals surface area contributed by atoms with Gasteiger partial charge in [0.15, 0.2) is 0 Å². The fourth-order valence-electron chi connectivity index (χ4n) is 2.73. The molecule has 2 aliphatic heterocycles. The van der Waals surface area contributed by atoms with Gasteiger partial charge in [0.25, 0.3) is 5.91 Å². The number of hydrogen-bond donors (Lipinski definition) is 2. The van der Waals surface area contributed by atoms with E-state index >= 15 is 0 Å². The average Bonchev–Trinajstić information content (AvgIpc) is 2.76. The summed E-state index contributed by atoms with van der Waals surface area (Å²) in [6.07, 6.45) is 1.13. The smallest absolute Gasteiger partial charge is 0.255 e. The van der Waals surface area contributed by atoms with Crippen LogP contribution in [0.4, 0.5) is 5.69 Å². The van der Waals surface area contributed by atoms with Gasteiger partial charge in [0.05, 0.1) is 0 Å². The van der Waals surface area contributed by atoms with Crippen LogP contribution in [0, 0.1) is 0 Å². The predicted molar refractivity (Wildman–Crippen MR) is 72.2 cm³/mol. The lowest BCUT2D eigenvalue weighted by Crippen LogP contribution is -2.52. The van der Waals surface area contributed by atoms with Gasteiger partial charge in [-0.15, -0.1) is 0 Å². The third kappa shape index (κ3) is 2.26. The number of imide groups is 1. The van der Waals surface area contributed by atoms with Gasteiger partial charge in [-0.2, -0.15) is 0 Å². The molecule has 1 unspecified atom stereocenters. The van der Waals surface area contributed by atoms with Crippen molar-refractivity contribution in [3.63, 3.8) is 0 Å². The Balaban J connectivity index is 1.84. The van der Waals surface area contributed by atoms with Crippen LogP contribution in [0.1, 0.15) is 28.8 Å². The summed E-state index contributed by atoms with van der Waals surface area (Å²) >= 11 is 0. The van der Waals surface area contributed by atoms with Gasteiger partial charge in [-0.05, 0) is 30.2 Å². The van der Waals surface area contributed by atoms with E-state index in [-0.39, 0.29) is 18.2 Å². The number of piperidine rings is 1. The number of carbonyl (C=O) groups is 4. The molecule has 0 spiro atoms. The molecule has 0 aromatic heterocycles. The molecule has 1 fully saturated rings. The van der Waals surface area contributed by atoms with E-state index < -0.39 is 11.9 Å². The number of rotatable bonds is 3. The topological polar surface area (TPSA) is 95.6 Å². The zero-order valence-electron chi connectivity index (χ0n) is 11.1. The van der Waals surface area contributed by atoms with Crippen molar-refractivity contribution in [1.29, 1.82) is 0 Å². The molecule has 2 N–H and O–H groups in total. The third-order valence-electron chi connectivity index (χ3n) is 3.75. The van der Waals surface area contributed by atoms with Crippen molar-refractivity contribution in [2.45, 2.75) is 25.4 Å². The number of benzene rings is 1. The van der Waals surface area contributed by atoms with Crippen molar-refractivity contribution in [3.8, 4) is 0 Å². The van der Waals surface area contributed by atoms with Crippen LogP contribution in [-0.4, -0.2) is 35.1 Å². The second-order valence-corrected chi connectivity index (χ2v) is 5.03. The lowest BCUT2D eigenvalue weighted by Gasteiger charge is -2.29. The maximum Gasteiger partial charge on any atom is 0.255 e. The van der Waals surface area contributed by atoms with Gasteiger partial charge in [0.1, 0.15) is 6.04 Å². The first-order valence-corrected chi connectivity index (χ1v) is 6.58. The molecule has 0 radical (unpaired) electrons. The Kier molecular flexibility index (Phi) is 3.17. The van der Waals surface area contributed by atoms with Crippen molar-refractivity contribution in [3.05, 3.63) is 29.3 Å². The molecule has 1 aromatic carbocycles. The molecule has 108 valence electrons. The summed E-state index contributed by atoms with van der Waals surface area (Å²) in [5.41, 5.74) is 1.88. The van der Waals surface area contributed by atoms with Crippen LogP contribution in [0.25, 0.3) is 0 Å². The maximum absolute atomic E-state index is 12.4. The molecule has 1 atom stereocenters. The van der Waals surface area contributed by atoms with Crippen molar-refractivity contribution >= 4 is 29.8 Å². The van der Waals surface area contributed by atoms with Crippen LogP contribution >= 0.6 is 0 Å². The van der Waals surface area contributed by atoms with Gasteiger partial charge in [0, 0.05) is 24.2 Å². The van der Waals surface area contributed by atoms with Crippen LogP contribution in [0.2, 0.25) is 0 Å². The summed E-state index contributed by atoms with van der Waals surface area (Å²) in [6, 6.07) is 4.37. The molecule has 2 heterocycles. The standard InChI is InChI=1S/C14H13N3O4/c18-7-15-9-1-2-10-8(5-9)6-17(14(10)21)11-3-4-12(19)16-13(11)20/h1-2,5,7,11H,3-4,6H2,(H,15,18)(H,16,19,20). The number of amides is 4. The van der Waals surface area contributed by atoms with Crippen molar-refractivity contribution in [2.75, 3.05) is 5.32 Å². The quantitative estimate of drug-likeness (QED) is 0.605. The van der Waals surface area contributed by atoms with E-state index in [0.29, 0.717) is 30.6 Å². The largest absolute Gasteiger partial charge is 0.329 e. The Morgan fingerprint density at radius 1 is 1.29 bits per heavy atom. The van der Waals surface area contributed by atoms with Crippen molar-refractivity contribution in [1.82, 2.24) is 10.2 Å². The summed E-state index contributed by atoms with van der Waals surface area (Å²) < 4.78 is 0. The average molecular weight is 287 g/mol. The Labute approximate surface area is 120 Å². The number of fused-ring (bicyclic) bond motifs is 1.